The van der Waals surface area contributed by atoms with Crippen LogP contribution in [-0.2, 0) is 6.54 Å². The average Bonchev–Trinajstić information content (AvgIpc) is 2.78. The summed E-state index contributed by atoms with van der Waals surface area (Å²) in [5.41, 5.74) is 7.84. The van der Waals surface area contributed by atoms with Crippen molar-refractivity contribution in [2.45, 2.75) is 19.9 Å². The fourth-order valence-electron chi connectivity index (χ4n) is 1.97. The van der Waals surface area contributed by atoms with Crippen molar-refractivity contribution in [1.82, 2.24) is 5.32 Å². The third-order valence-electron chi connectivity index (χ3n) is 3.22. The molecule has 1 heterocycles. The first-order valence-electron chi connectivity index (χ1n) is 6.21. The van der Waals surface area contributed by atoms with E-state index in [-0.39, 0.29) is 0 Å². The molecule has 0 amide bonds. The Kier molecular flexibility index (Phi) is 4.18. The summed E-state index contributed by atoms with van der Waals surface area (Å²) in [5, 5.41) is 4.64. The molecular formula is C14H20N2O. The van der Waals surface area contributed by atoms with Crippen LogP contribution >= 0.6 is 0 Å². The first-order valence-corrected chi connectivity index (χ1v) is 6.21. The summed E-state index contributed by atoms with van der Waals surface area (Å²) in [6.45, 7) is 4.72. The zero-order valence-corrected chi connectivity index (χ0v) is 10.3. The monoisotopic (exact) mass is 232 g/mol. The van der Waals surface area contributed by atoms with Gasteiger partial charge in [0.2, 0.25) is 0 Å². The van der Waals surface area contributed by atoms with Gasteiger partial charge in [0.25, 0.3) is 0 Å². The number of para-hydroxylation sites is 1. The standard InChI is InChI=1S/C14H20N2O/c1-2-11(7-15)8-16-9-12-10-17-14-6-4-3-5-13(12)14/h3-6,10-11,16H,2,7-9,15H2,1H3. The molecular weight excluding hydrogens is 212 g/mol. The molecule has 1 aromatic carbocycles. The molecule has 17 heavy (non-hydrogen) atoms. The van der Waals surface area contributed by atoms with Crippen molar-refractivity contribution in [2.24, 2.45) is 11.7 Å². The maximum absolute atomic E-state index is 5.67. The van der Waals surface area contributed by atoms with E-state index in [4.69, 9.17) is 10.2 Å². The zero-order valence-electron chi connectivity index (χ0n) is 10.3. The molecule has 0 spiro atoms. The Balaban J connectivity index is 1.95. The van der Waals surface area contributed by atoms with Gasteiger partial charge < -0.3 is 15.5 Å². The number of benzene rings is 1. The number of furan rings is 1. The molecule has 3 nitrogen and oxygen atoms in total. The van der Waals surface area contributed by atoms with Crippen LogP contribution in [0.3, 0.4) is 0 Å². The molecule has 0 bridgehead atoms. The summed E-state index contributed by atoms with van der Waals surface area (Å²) in [6, 6.07) is 8.12. The number of hydrogen-bond donors (Lipinski definition) is 2. The van der Waals surface area contributed by atoms with Crippen LogP contribution in [0.25, 0.3) is 11.0 Å². The molecule has 2 rings (SSSR count). The van der Waals surface area contributed by atoms with Crippen molar-refractivity contribution in [2.75, 3.05) is 13.1 Å². The second-order valence-corrected chi connectivity index (χ2v) is 4.40. The van der Waals surface area contributed by atoms with E-state index in [9.17, 15) is 0 Å². The maximum atomic E-state index is 5.67. The number of rotatable bonds is 6. The third-order valence-corrected chi connectivity index (χ3v) is 3.22. The minimum absolute atomic E-state index is 0.563. The molecule has 0 saturated heterocycles. The Bertz CT molecular complexity index is 460. The lowest BCUT2D eigenvalue weighted by Gasteiger charge is -2.12. The van der Waals surface area contributed by atoms with Gasteiger partial charge in [-0.2, -0.15) is 0 Å². The average molecular weight is 232 g/mol. The van der Waals surface area contributed by atoms with E-state index in [2.05, 4.69) is 18.3 Å². The third kappa shape index (κ3) is 2.87. The van der Waals surface area contributed by atoms with E-state index < -0.39 is 0 Å². The number of nitrogens with one attached hydrogen (secondary N) is 1. The van der Waals surface area contributed by atoms with Crippen molar-refractivity contribution >= 4 is 11.0 Å². The molecule has 0 aliphatic rings. The van der Waals surface area contributed by atoms with E-state index >= 15 is 0 Å². The molecule has 1 unspecified atom stereocenters. The molecule has 1 atom stereocenters. The molecule has 3 N–H and O–H groups in total. The predicted octanol–water partition coefficient (Wildman–Crippen LogP) is 2.51. The van der Waals surface area contributed by atoms with Gasteiger partial charge in [-0.3, -0.25) is 0 Å². The van der Waals surface area contributed by atoms with E-state index in [1.54, 1.807) is 0 Å². The van der Waals surface area contributed by atoms with Crippen LogP contribution < -0.4 is 11.1 Å². The smallest absolute Gasteiger partial charge is 0.134 e. The second kappa shape index (κ2) is 5.84. The van der Waals surface area contributed by atoms with Crippen LogP contribution in [-0.4, -0.2) is 13.1 Å². The fourth-order valence-corrected chi connectivity index (χ4v) is 1.97. The highest BCUT2D eigenvalue weighted by atomic mass is 16.3. The minimum Gasteiger partial charge on any atom is -0.464 e. The van der Waals surface area contributed by atoms with Gasteiger partial charge in [-0.15, -0.1) is 0 Å². The Morgan fingerprint density at radius 2 is 2.18 bits per heavy atom. The van der Waals surface area contributed by atoms with Crippen LogP contribution in [0.5, 0.6) is 0 Å². The van der Waals surface area contributed by atoms with Crippen LogP contribution in [0.4, 0.5) is 0 Å². The minimum atomic E-state index is 0.563. The van der Waals surface area contributed by atoms with Gasteiger partial charge in [-0.05, 0) is 25.1 Å². The highest BCUT2D eigenvalue weighted by molar-refractivity contribution is 5.80. The summed E-state index contributed by atoms with van der Waals surface area (Å²) in [6.07, 6.45) is 2.96. The normalized spacial score (nSPS) is 13.1. The first-order chi connectivity index (χ1) is 8.35. The second-order valence-electron chi connectivity index (χ2n) is 4.40. The van der Waals surface area contributed by atoms with Crippen LogP contribution in [0.1, 0.15) is 18.9 Å². The number of nitrogens with two attached hydrogens (primary N) is 1. The van der Waals surface area contributed by atoms with Crippen LogP contribution in [0.15, 0.2) is 34.9 Å². The Labute approximate surface area is 102 Å². The van der Waals surface area contributed by atoms with Crippen molar-refractivity contribution in [3.05, 3.63) is 36.1 Å². The quantitative estimate of drug-likeness (QED) is 0.804. The van der Waals surface area contributed by atoms with E-state index in [1.165, 1.54) is 10.9 Å². The molecule has 3 heteroatoms. The lowest BCUT2D eigenvalue weighted by Crippen LogP contribution is -2.27. The van der Waals surface area contributed by atoms with E-state index in [0.29, 0.717) is 5.92 Å². The lowest BCUT2D eigenvalue weighted by atomic mass is 10.1. The number of fused-ring (bicyclic) bond motifs is 1. The Morgan fingerprint density at radius 1 is 1.35 bits per heavy atom. The van der Waals surface area contributed by atoms with Crippen LogP contribution in [0.2, 0.25) is 0 Å². The van der Waals surface area contributed by atoms with Gasteiger partial charge in [0, 0.05) is 17.5 Å². The van der Waals surface area contributed by atoms with E-state index in [0.717, 1.165) is 31.6 Å². The van der Waals surface area contributed by atoms with Gasteiger partial charge >= 0.3 is 0 Å². The van der Waals surface area contributed by atoms with Crippen molar-refractivity contribution in [1.29, 1.82) is 0 Å². The van der Waals surface area contributed by atoms with Crippen LogP contribution in [0, 0.1) is 5.92 Å². The molecule has 0 saturated carbocycles. The maximum Gasteiger partial charge on any atom is 0.134 e. The summed E-state index contributed by atoms with van der Waals surface area (Å²) < 4.78 is 5.49. The van der Waals surface area contributed by atoms with Crippen molar-refractivity contribution < 1.29 is 4.42 Å². The molecule has 92 valence electrons. The molecule has 2 aromatic rings. The fraction of sp³-hybridized carbons (Fsp3) is 0.429. The van der Waals surface area contributed by atoms with Gasteiger partial charge in [0.15, 0.2) is 0 Å². The van der Waals surface area contributed by atoms with E-state index in [1.807, 2.05) is 24.5 Å². The topological polar surface area (TPSA) is 51.2 Å². The Morgan fingerprint density at radius 3 is 2.94 bits per heavy atom. The summed E-state index contributed by atoms with van der Waals surface area (Å²) in [7, 11) is 0. The highest BCUT2D eigenvalue weighted by Gasteiger charge is 2.06. The Hall–Kier alpha value is -1.32. The molecule has 0 radical (unpaired) electrons. The summed E-state index contributed by atoms with van der Waals surface area (Å²) in [5.74, 6) is 0.563. The SMILES string of the molecule is CCC(CN)CNCc1coc2ccccc12. The zero-order chi connectivity index (χ0) is 12.1. The molecule has 1 aromatic heterocycles. The van der Waals surface area contributed by atoms with Gasteiger partial charge in [-0.25, -0.2) is 0 Å². The van der Waals surface area contributed by atoms with Gasteiger partial charge in [0.05, 0.1) is 6.26 Å². The highest BCUT2D eigenvalue weighted by Crippen LogP contribution is 2.20. The van der Waals surface area contributed by atoms with Crippen molar-refractivity contribution in [3.8, 4) is 0 Å². The summed E-state index contributed by atoms with van der Waals surface area (Å²) >= 11 is 0. The predicted molar refractivity (Wildman–Crippen MR) is 70.8 cm³/mol. The van der Waals surface area contributed by atoms with Gasteiger partial charge in [0.1, 0.15) is 5.58 Å². The molecule has 0 fully saturated rings. The largest absolute Gasteiger partial charge is 0.464 e. The first kappa shape index (κ1) is 12.1. The summed E-state index contributed by atoms with van der Waals surface area (Å²) in [4.78, 5) is 0. The number of hydrogen-bond acceptors (Lipinski definition) is 3. The van der Waals surface area contributed by atoms with Gasteiger partial charge in [-0.1, -0.05) is 31.5 Å². The lowest BCUT2D eigenvalue weighted by molar-refractivity contribution is 0.470. The molecule has 0 aliphatic heterocycles. The van der Waals surface area contributed by atoms with Crippen molar-refractivity contribution in [3.63, 3.8) is 0 Å². The molecule has 0 aliphatic carbocycles.